The number of anilines is 2. The van der Waals surface area contributed by atoms with E-state index in [-0.39, 0.29) is 11.8 Å². The summed E-state index contributed by atoms with van der Waals surface area (Å²) in [6, 6.07) is 15.4. The largest absolute Gasteiger partial charge is 0.326 e. The minimum absolute atomic E-state index is 0.0427. The molecule has 23 heavy (non-hydrogen) atoms. The number of carbonyl (C=O) groups is 2. The predicted octanol–water partition coefficient (Wildman–Crippen LogP) is 3.30. The molecule has 2 aromatic carbocycles. The Morgan fingerprint density at radius 3 is 2.39 bits per heavy atom. The molecule has 1 heterocycles. The second kappa shape index (κ2) is 6.65. The van der Waals surface area contributed by atoms with E-state index in [0.717, 1.165) is 35.5 Å². The number of benzene rings is 2. The van der Waals surface area contributed by atoms with Crippen molar-refractivity contribution in [3.63, 3.8) is 0 Å². The lowest BCUT2D eigenvalue weighted by atomic mass is 10.1. The summed E-state index contributed by atoms with van der Waals surface area (Å²) in [6.45, 7) is 2.80. The highest BCUT2D eigenvalue weighted by molar-refractivity contribution is 5.95. The Bertz CT molecular complexity index is 705. The fourth-order valence-corrected chi connectivity index (χ4v) is 2.74. The van der Waals surface area contributed by atoms with E-state index < -0.39 is 0 Å². The highest BCUT2D eigenvalue weighted by atomic mass is 16.2. The summed E-state index contributed by atoms with van der Waals surface area (Å²) in [5.41, 5.74) is 3.81. The van der Waals surface area contributed by atoms with Crippen LogP contribution in [0, 0.1) is 6.92 Å². The van der Waals surface area contributed by atoms with Crippen molar-refractivity contribution < 1.29 is 9.59 Å². The standard InChI is InChI=1S/C19H20N2O2/c1-14-4-8-16(9-5-14)20-18(22)13-15-6-10-17(11-7-15)21-12-2-3-19(21)23/h4-11H,2-3,12-13H2,1H3,(H,20,22). The topological polar surface area (TPSA) is 49.4 Å². The average molecular weight is 308 g/mol. The van der Waals surface area contributed by atoms with Crippen molar-refractivity contribution >= 4 is 23.2 Å². The molecule has 1 saturated heterocycles. The van der Waals surface area contributed by atoms with E-state index in [1.165, 1.54) is 0 Å². The third-order valence-electron chi connectivity index (χ3n) is 4.02. The molecule has 1 aliphatic rings. The zero-order chi connectivity index (χ0) is 16.2. The highest BCUT2D eigenvalue weighted by Crippen LogP contribution is 2.21. The molecule has 1 aliphatic heterocycles. The van der Waals surface area contributed by atoms with Gasteiger partial charge in [-0.15, -0.1) is 0 Å². The van der Waals surface area contributed by atoms with E-state index >= 15 is 0 Å². The minimum atomic E-state index is -0.0427. The van der Waals surface area contributed by atoms with Crippen LogP contribution in [0.15, 0.2) is 48.5 Å². The fraction of sp³-hybridized carbons (Fsp3) is 0.263. The third-order valence-corrected chi connectivity index (χ3v) is 4.02. The van der Waals surface area contributed by atoms with Gasteiger partial charge in [-0.25, -0.2) is 0 Å². The highest BCUT2D eigenvalue weighted by Gasteiger charge is 2.21. The van der Waals surface area contributed by atoms with E-state index in [4.69, 9.17) is 0 Å². The lowest BCUT2D eigenvalue weighted by Gasteiger charge is -2.15. The zero-order valence-electron chi connectivity index (χ0n) is 13.2. The number of rotatable bonds is 4. The SMILES string of the molecule is Cc1ccc(NC(=O)Cc2ccc(N3CCCC3=O)cc2)cc1. The summed E-state index contributed by atoms with van der Waals surface area (Å²) in [7, 11) is 0. The van der Waals surface area contributed by atoms with Crippen LogP contribution in [0.5, 0.6) is 0 Å². The number of nitrogens with zero attached hydrogens (tertiary/aromatic N) is 1. The zero-order valence-corrected chi connectivity index (χ0v) is 13.2. The van der Waals surface area contributed by atoms with E-state index in [9.17, 15) is 9.59 Å². The molecule has 118 valence electrons. The molecule has 0 unspecified atom stereocenters. The van der Waals surface area contributed by atoms with Gasteiger partial charge in [-0.3, -0.25) is 9.59 Å². The van der Waals surface area contributed by atoms with Gasteiger partial charge < -0.3 is 10.2 Å². The summed E-state index contributed by atoms with van der Waals surface area (Å²) in [4.78, 5) is 25.6. The van der Waals surface area contributed by atoms with Crippen LogP contribution in [0.1, 0.15) is 24.0 Å². The van der Waals surface area contributed by atoms with Gasteiger partial charge in [-0.1, -0.05) is 29.8 Å². The van der Waals surface area contributed by atoms with E-state index in [1.54, 1.807) is 4.90 Å². The molecule has 0 spiro atoms. The first-order valence-electron chi connectivity index (χ1n) is 7.88. The van der Waals surface area contributed by atoms with Gasteiger partial charge in [-0.05, 0) is 43.2 Å². The van der Waals surface area contributed by atoms with Gasteiger partial charge in [0.25, 0.3) is 0 Å². The number of amides is 2. The van der Waals surface area contributed by atoms with Crippen LogP contribution in [0.25, 0.3) is 0 Å². The van der Waals surface area contributed by atoms with Gasteiger partial charge in [0.15, 0.2) is 0 Å². The molecule has 0 atom stereocenters. The quantitative estimate of drug-likeness (QED) is 0.942. The van der Waals surface area contributed by atoms with Crippen molar-refractivity contribution in [1.82, 2.24) is 0 Å². The van der Waals surface area contributed by atoms with Crippen LogP contribution < -0.4 is 10.2 Å². The number of aryl methyl sites for hydroxylation is 1. The Hall–Kier alpha value is -2.62. The lowest BCUT2D eigenvalue weighted by molar-refractivity contribution is -0.117. The number of hydrogen-bond donors (Lipinski definition) is 1. The van der Waals surface area contributed by atoms with Crippen molar-refractivity contribution in [2.45, 2.75) is 26.2 Å². The summed E-state index contributed by atoms with van der Waals surface area (Å²) in [6.07, 6.45) is 1.86. The summed E-state index contributed by atoms with van der Waals surface area (Å²) in [5, 5.41) is 2.89. The molecule has 2 amide bonds. The van der Waals surface area contributed by atoms with Crippen LogP contribution in [0.4, 0.5) is 11.4 Å². The molecule has 0 bridgehead atoms. The summed E-state index contributed by atoms with van der Waals surface area (Å²) < 4.78 is 0. The molecule has 4 heteroatoms. The van der Waals surface area contributed by atoms with E-state index in [2.05, 4.69) is 5.32 Å². The Morgan fingerprint density at radius 2 is 1.78 bits per heavy atom. The minimum Gasteiger partial charge on any atom is -0.326 e. The molecular weight excluding hydrogens is 288 g/mol. The van der Waals surface area contributed by atoms with Crippen molar-refractivity contribution in [3.8, 4) is 0 Å². The summed E-state index contributed by atoms with van der Waals surface area (Å²) in [5.74, 6) is 0.133. The second-order valence-electron chi connectivity index (χ2n) is 5.91. The maximum atomic E-state index is 12.1. The van der Waals surface area contributed by atoms with Crippen molar-refractivity contribution in [2.75, 3.05) is 16.8 Å². The van der Waals surface area contributed by atoms with Gasteiger partial charge in [0, 0.05) is 24.3 Å². The predicted molar refractivity (Wildman–Crippen MR) is 91.5 cm³/mol. The number of carbonyl (C=O) groups excluding carboxylic acids is 2. The molecule has 1 N–H and O–H groups in total. The molecular formula is C19H20N2O2. The molecule has 3 rings (SSSR count). The number of hydrogen-bond acceptors (Lipinski definition) is 2. The molecule has 2 aromatic rings. The van der Waals surface area contributed by atoms with Crippen LogP contribution in [0.2, 0.25) is 0 Å². The van der Waals surface area contributed by atoms with Crippen LogP contribution >= 0.6 is 0 Å². The van der Waals surface area contributed by atoms with Gasteiger partial charge in [-0.2, -0.15) is 0 Å². The molecule has 0 aromatic heterocycles. The van der Waals surface area contributed by atoms with Gasteiger partial charge in [0.2, 0.25) is 11.8 Å². The smallest absolute Gasteiger partial charge is 0.228 e. The van der Waals surface area contributed by atoms with Crippen LogP contribution in [0.3, 0.4) is 0 Å². The van der Waals surface area contributed by atoms with E-state index in [0.29, 0.717) is 12.8 Å². The Labute approximate surface area is 136 Å². The first kappa shape index (κ1) is 15.3. The van der Waals surface area contributed by atoms with Crippen molar-refractivity contribution in [3.05, 3.63) is 59.7 Å². The Morgan fingerprint density at radius 1 is 1.09 bits per heavy atom. The molecule has 1 fully saturated rings. The van der Waals surface area contributed by atoms with E-state index in [1.807, 2.05) is 55.5 Å². The average Bonchev–Trinajstić information content (AvgIpc) is 2.96. The normalized spacial score (nSPS) is 14.1. The molecule has 4 nitrogen and oxygen atoms in total. The Kier molecular flexibility index (Phi) is 4.42. The maximum Gasteiger partial charge on any atom is 0.228 e. The molecule has 0 saturated carbocycles. The van der Waals surface area contributed by atoms with Gasteiger partial charge >= 0.3 is 0 Å². The fourth-order valence-electron chi connectivity index (χ4n) is 2.74. The van der Waals surface area contributed by atoms with Crippen LogP contribution in [-0.4, -0.2) is 18.4 Å². The van der Waals surface area contributed by atoms with Gasteiger partial charge in [0.05, 0.1) is 6.42 Å². The maximum absolute atomic E-state index is 12.1. The number of nitrogens with one attached hydrogen (secondary N) is 1. The lowest BCUT2D eigenvalue weighted by Crippen LogP contribution is -2.23. The molecule has 0 aliphatic carbocycles. The van der Waals surface area contributed by atoms with Gasteiger partial charge in [0.1, 0.15) is 0 Å². The monoisotopic (exact) mass is 308 g/mol. The Balaban J connectivity index is 1.60. The van der Waals surface area contributed by atoms with Crippen molar-refractivity contribution in [1.29, 1.82) is 0 Å². The first-order valence-corrected chi connectivity index (χ1v) is 7.88. The van der Waals surface area contributed by atoms with Crippen molar-refractivity contribution in [2.24, 2.45) is 0 Å². The molecule has 0 radical (unpaired) electrons. The first-order chi connectivity index (χ1) is 11.1. The third kappa shape index (κ3) is 3.77. The van der Waals surface area contributed by atoms with Crippen LogP contribution in [-0.2, 0) is 16.0 Å². The second-order valence-corrected chi connectivity index (χ2v) is 5.91. The summed E-state index contributed by atoms with van der Waals surface area (Å²) >= 11 is 0.